The molecular formula is C13H14BrClINO. The molecule has 2 rings (SSSR count). The van der Waals surface area contributed by atoms with E-state index in [0.29, 0.717) is 16.5 Å². The lowest BCUT2D eigenvalue weighted by Crippen LogP contribution is -2.38. The standard InChI is InChI=1S/C13H14BrClINO/c1-8-4-5-17(12(8)7-14)13(18)9-2-3-11(16)10(15)6-9/h2-3,6,8,12H,4-5,7H2,1H3. The van der Waals surface area contributed by atoms with E-state index in [2.05, 4.69) is 45.4 Å². The SMILES string of the molecule is CC1CCN(C(=O)c2ccc(I)c(Cl)c2)C1CBr. The zero-order valence-electron chi connectivity index (χ0n) is 10.00. The topological polar surface area (TPSA) is 20.3 Å². The molecule has 2 nitrogen and oxygen atoms in total. The van der Waals surface area contributed by atoms with Crippen LogP contribution in [0.2, 0.25) is 5.02 Å². The van der Waals surface area contributed by atoms with Crippen molar-refractivity contribution in [1.29, 1.82) is 0 Å². The monoisotopic (exact) mass is 441 g/mol. The molecule has 2 atom stereocenters. The van der Waals surface area contributed by atoms with Gasteiger partial charge in [-0.15, -0.1) is 0 Å². The first-order valence-corrected chi connectivity index (χ1v) is 8.44. The van der Waals surface area contributed by atoms with E-state index < -0.39 is 0 Å². The third-order valence-corrected chi connectivity index (χ3v) is 5.70. The summed E-state index contributed by atoms with van der Waals surface area (Å²) in [7, 11) is 0. The van der Waals surface area contributed by atoms with Crippen LogP contribution in [0.4, 0.5) is 0 Å². The fraction of sp³-hybridized carbons (Fsp3) is 0.462. The van der Waals surface area contributed by atoms with Crippen LogP contribution in [-0.4, -0.2) is 28.7 Å². The van der Waals surface area contributed by atoms with Gasteiger partial charge in [0.05, 0.1) is 5.02 Å². The highest BCUT2D eigenvalue weighted by Gasteiger charge is 2.33. The van der Waals surface area contributed by atoms with Crippen molar-refractivity contribution in [1.82, 2.24) is 4.90 Å². The zero-order chi connectivity index (χ0) is 13.3. The van der Waals surface area contributed by atoms with Crippen molar-refractivity contribution in [3.05, 3.63) is 32.4 Å². The van der Waals surface area contributed by atoms with Gasteiger partial charge in [-0.25, -0.2) is 0 Å². The maximum absolute atomic E-state index is 12.5. The molecule has 5 heteroatoms. The Hall–Kier alpha value is 0.190. The molecule has 1 aromatic carbocycles. The Morgan fingerprint density at radius 2 is 2.33 bits per heavy atom. The van der Waals surface area contributed by atoms with E-state index in [0.717, 1.165) is 21.9 Å². The Morgan fingerprint density at radius 3 is 2.94 bits per heavy atom. The molecule has 98 valence electrons. The molecule has 0 N–H and O–H groups in total. The quantitative estimate of drug-likeness (QED) is 0.497. The highest BCUT2D eigenvalue weighted by molar-refractivity contribution is 14.1. The van der Waals surface area contributed by atoms with Crippen LogP contribution in [0.5, 0.6) is 0 Å². The van der Waals surface area contributed by atoms with Gasteiger partial charge in [-0.05, 0) is 53.1 Å². The first-order chi connectivity index (χ1) is 8.54. The number of amides is 1. The van der Waals surface area contributed by atoms with Crippen LogP contribution in [0.25, 0.3) is 0 Å². The molecule has 0 spiro atoms. The van der Waals surface area contributed by atoms with Gasteiger partial charge in [-0.3, -0.25) is 4.79 Å². The number of likely N-dealkylation sites (tertiary alicyclic amines) is 1. The van der Waals surface area contributed by atoms with Gasteiger partial charge in [0.25, 0.3) is 5.91 Å². The third kappa shape index (κ3) is 2.85. The van der Waals surface area contributed by atoms with E-state index in [1.165, 1.54) is 0 Å². The molecule has 1 amide bonds. The maximum atomic E-state index is 12.5. The minimum Gasteiger partial charge on any atom is -0.335 e. The summed E-state index contributed by atoms with van der Waals surface area (Å²) >= 11 is 11.7. The zero-order valence-corrected chi connectivity index (χ0v) is 14.5. The average Bonchev–Trinajstić information content (AvgIpc) is 2.73. The summed E-state index contributed by atoms with van der Waals surface area (Å²) in [4.78, 5) is 14.4. The van der Waals surface area contributed by atoms with Gasteiger partial charge in [0.2, 0.25) is 0 Å². The molecule has 18 heavy (non-hydrogen) atoms. The number of nitrogens with zero attached hydrogens (tertiary/aromatic N) is 1. The molecule has 1 aliphatic heterocycles. The Labute approximate surface area is 134 Å². The van der Waals surface area contributed by atoms with Gasteiger partial charge >= 0.3 is 0 Å². The van der Waals surface area contributed by atoms with Gasteiger partial charge in [0, 0.05) is 27.1 Å². The van der Waals surface area contributed by atoms with Crippen LogP contribution in [0.15, 0.2) is 18.2 Å². The molecule has 1 heterocycles. The smallest absolute Gasteiger partial charge is 0.254 e. The van der Waals surface area contributed by atoms with Crippen LogP contribution < -0.4 is 0 Å². The minimum absolute atomic E-state index is 0.0853. The number of hydrogen-bond acceptors (Lipinski definition) is 1. The number of benzene rings is 1. The van der Waals surface area contributed by atoms with Gasteiger partial charge in [0.1, 0.15) is 0 Å². The predicted molar refractivity (Wildman–Crippen MR) is 86.6 cm³/mol. The maximum Gasteiger partial charge on any atom is 0.254 e. The summed E-state index contributed by atoms with van der Waals surface area (Å²) in [5.74, 6) is 0.634. The molecule has 1 aromatic rings. The number of hydrogen-bond donors (Lipinski definition) is 0. The molecule has 1 saturated heterocycles. The highest BCUT2D eigenvalue weighted by Crippen LogP contribution is 2.28. The lowest BCUT2D eigenvalue weighted by molar-refractivity contribution is 0.0738. The van der Waals surface area contributed by atoms with Crippen molar-refractivity contribution in [3.8, 4) is 0 Å². The van der Waals surface area contributed by atoms with E-state index in [1.54, 1.807) is 6.07 Å². The van der Waals surface area contributed by atoms with E-state index >= 15 is 0 Å². The number of halogens is 3. The first-order valence-electron chi connectivity index (χ1n) is 5.86. The second-order valence-electron chi connectivity index (χ2n) is 4.62. The van der Waals surface area contributed by atoms with E-state index in [9.17, 15) is 4.79 Å². The molecule has 1 fully saturated rings. The highest BCUT2D eigenvalue weighted by atomic mass is 127. The lowest BCUT2D eigenvalue weighted by atomic mass is 10.0. The predicted octanol–water partition coefficient (Wildman–Crippen LogP) is 4.19. The van der Waals surface area contributed by atoms with Crippen molar-refractivity contribution in [2.45, 2.75) is 19.4 Å². The van der Waals surface area contributed by atoms with Crippen LogP contribution in [-0.2, 0) is 0 Å². The molecule has 0 radical (unpaired) electrons. The van der Waals surface area contributed by atoms with Crippen LogP contribution in [0.1, 0.15) is 23.7 Å². The summed E-state index contributed by atoms with van der Waals surface area (Å²) in [5.41, 5.74) is 0.681. The Kier molecular flexibility index (Phi) is 4.94. The molecule has 2 unspecified atom stereocenters. The minimum atomic E-state index is 0.0853. The largest absolute Gasteiger partial charge is 0.335 e. The second kappa shape index (κ2) is 6.09. The van der Waals surface area contributed by atoms with Crippen LogP contribution in [0, 0.1) is 9.49 Å². The normalized spacial score (nSPS) is 23.4. The number of carbonyl (C=O) groups excluding carboxylic acids is 1. The fourth-order valence-corrected chi connectivity index (χ4v) is 3.79. The third-order valence-electron chi connectivity index (χ3n) is 3.47. The molecule has 0 aromatic heterocycles. The van der Waals surface area contributed by atoms with Crippen LogP contribution in [0.3, 0.4) is 0 Å². The van der Waals surface area contributed by atoms with Gasteiger partial charge in [0.15, 0.2) is 0 Å². The summed E-state index contributed by atoms with van der Waals surface area (Å²) in [6.45, 7) is 3.03. The molecule has 0 aliphatic carbocycles. The van der Waals surface area contributed by atoms with Crippen molar-refractivity contribution in [3.63, 3.8) is 0 Å². The molecule has 1 aliphatic rings. The van der Waals surface area contributed by atoms with E-state index in [4.69, 9.17) is 11.6 Å². The van der Waals surface area contributed by atoms with Gasteiger partial charge in [-0.1, -0.05) is 34.5 Å². The summed E-state index contributed by atoms with van der Waals surface area (Å²) in [6.07, 6.45) is 1.07. The Bertz CT molecular complexity index is 468. The van der Waals surface area contributed by atoms with Gasteiger partial charge in [-0.2, -0.15) is 0 Å². The first kappa shape index (κ1) is 14.6. The number of rotatable bonds is 2. The summed E-state index contributed by atoms with van der Waals surface area (Å²) < 4.78 is 0.970. The fourth-order valence-electron chi connectivity index (χ4n) is 2.29. The van der Waals surface area contributed by atoms with Crippen LogP contribution >= 0.6 is 50.1 Å². The van der Waals surface area contributed by atoms with E-state index in [-0.39, 0.29) is 11.9 Å². The van der Waals surface area contributed by atoms with E-state index in [1.807, 2.05) is 17.0 Å². The molecular weight excluding hydrogens is 428 g/mol. The Morgan fingerprint density at radius 1 is 1.61 bits per heavy atom. The molecule has 0 bridgehead atoms. The lowest BCUT2D eigenvalue weighted by Gasteiger charge is -2.25. The van der Waals surface area contributed by atoms with Crippen molar-refractivity contribution in [2.24, 2.45) is 5.92 Å². The van der Waals surface area contributed by atoms with Gasteiger partial charge < -0.3 is 4.90 Å². The molecule has 0 saturated carbocycles. The summed E-state index contributed by atoms with van der Waals surface area (Å²) in [5, 5.41) is 1.47. The van der Waals surface area contributed by atoms with Crippen molar-refractivity contribution >= 4 is 56.0 Å². The average molecular weight is 443 g/mol. The summed E-state index contributed by atoms with van der Waals surface area (Å²) in [6, 6.07) is 5.79. The van der Waals surface area contributed by atoms with Crippen molar-refractivity contribution in [2.75, 3.05) is 11.9 Å². The Balaban J connectivity index is 2.23. The second-order valence-corrected chi connectivity index (χ2v) is 6.83. The number of alkyl halides is 1. The van der Waals surface area contributed by atoms with Crippen molar-refractivity contribution < 1.29 is 4.79 Å². The number of carbonyl (C=O) groups is 1.